The summed E-state index contributed by atoms with van der Waals surface area (Å²) in [6.45, 7) is 1.29. The summed E-state index contributed by atoms with van der Waals surface area (Å²) in [5.74, 6) is 1.92. The summed E-state index contributed by atoms with van der Waals surface area (Å²) >= 11 is 0. The number of amides is 1. The zero-order valence-electron chi connectivity index (χ0n) is 13.8. The van der Waals surface area contributed by atoms with Crippen LogP contribution in [0.5, 0.6) is 0 Å². The Morgan fingerprint density at radius 1 is 1.16 bits per heavy atom. The van der Waals surface area contributed by atoms with E-state index >= 15 is 0 Å². The monoisotopic (exact) mass is 337 g/mol. The van der Waals surface area contributed by atoms with Crippen molar-refractivity contribution in [1.82, 2.24) is 15.0 Å². The van der Waals surface area contributed by atoms with E-state index in [4.69, 9.17) is 8.94 Å². The second kappa shape index (κ2) is 6.93. The van der Waals surface area contributed by atoms with Gasteiger partial charge in [-0.3, -0.25) is 4.79 Å². The number of carbonyl (C=O) groups excluding carboxylic acids is 1. The maximum absolute atomic E-state index is 12.2. The van der Waals surface area contributed by atoms with Gasteiger partial charge in [0.25, 0.3) is 0 Å². The van der Waals surface area contributed by atoms with E-state index in [9.17, 15) is 4.79 Å². The lowest BCUT2D eigenvalue weighted by atomic mass is 9.99. The summed E-state index contributed by atoms with van der Waals surface area (Å²) in [4.78, 5) is 18.4. The number of aryl methyl sites for hydroxylation is 1. The van der Waals surface area contributed by atoms with E-state index in [0.29, 0.717) is 37.0 Å². The Labute approximate surface area is 145 Å². The summed E-state index contributed by atoms with van der Waals surface area (Å²) in [5.41, 5.74) is 1.27. The fourth-order valence-corrected chi connectivity index (χ4v) is 2.99. The third-order valence-electron chi connectivity index (χ3n) is 4.47. The summed E-state index contributed by atoms with van der Waals surface area (Å²) in [5, 5.41) is 3.93. The number of furan rings is 1. The van der Waals surface area contributed by atoms with Crippen molar-refractivity contribution >= 4 is 5.91 Å². The molecular weight excluding hydrogens is 318 g/mol. The Kier molecular flexibility index (Phi) is 4.33. The molecule has 1 saturated heterocycles. The van der Waals surface area contributed by atoms with Gasteiger partial charge in [0.1, 0.15) is 0 Å². The van der Waals surface area contributed by atoms with Crippen molar-refractivity contribution < 1.29 is 13.7 Å². The molecule has 128 valence electrons. The van der Waals surface area contributed by atoms with Gasteiger partial charge in [-0.1, -0.05) is 35.5 Å². The second-order valence-corrected chi connectivity index (χ2v) is 6.27. The maximum atomic E-state index is 12.2. The lowest BCUT2D eigenvalue weighted by Crippen LogP contribution is -2.48. The van der Waals surface area contributed by atoms with Crippen LogP contribution in [0.2, 0.25) is 0 Å². The lowest BCUT2D eigenvalue weighted by molar-refractivity contribution is -0.136. The van der Waals surface area contributed by atoms with Gasteiger partial charge in [-0.15, -0.1) is 0 Å². The largest absolute Gasteiger partial charge is 0.461 e. The summed E-state index contributed by atoms with van der Waals surface area (Å²) in [6.07, 6.45) is 3.95. The highest BCUT2D eigenvalue weighted by molar-refractivity contribution is 5.77. The predicted octanol–water partition coefficient (Wildman–Crippen LogP) is 3.28. The van der Waals surface area contributed by atoms with Crippen LogP contribution in [-0.2, 0) is 11.2 Å². The van der Waals surface area contributed by atoms with Crippen LogP contribution in [0.15, 0.2) is 57.7 Å². The standard InChI is InChI=1S/C19H19N3O3/c23-17(10-4-8-14-6-2-1-3-7-14)22-12-15(13-22)19-20-18(21-25-19)16-9-5-11-24-16/h1-3,5-7,9,11,15H,4,8,10,12-13H2. The zero-order valence-corrected chi connectivity index (χ0v) is 13.8. The smallest absolute Gasteiger partial charge is 0.238 e. The van der Waals surface area contributed by atoms with Gasteiger partial charge in [0, 0.05) is 19.5 Å². The first-order valence-corrected chi connectivity index (χ1v) is 8.49. The number of hydrogen-bond donors (Lipinski definition) is 0. The first-order chi connectivity index (χ1) is 12.3. The van der Waals surface area contributed by atoms with Gasteiger partial charge in [-0.05, 0) is 30.5 Å². The van der Waals surface area contributed by atoms with Crippen molar-refractivity contribution in [2.45, 2.75) is 25.2 Å². The molecule has 0 unspecified atom stereocenters. The number of rotatable bonds is 6. The Balaban J connectivity index is 1.24. The van der Waals surface area contributed by atoms with Crippen LogP contribution in [0.3, 0.4) is 0 Å². The van der Waals surface area contributed by atoms with Crippen molar-refractivity contribution in [2.75, 3.05) is 13.1 Å². The molecule has 0 atom stereocenters. The minimum atomic E-state index is 0.120. The third-order valence-corrected chi connectivity index (χ3v) is 4.47. The predicted molar refractivity (Wildman–Crippen MR) is 90.7 cm³/mol. The van der Waals surface area contributed by atoms with E-state index in [1.54, 1.807) is 18.4 Å². The minimum absolute atomic E-state index is 0.120. The topological polar surface area (TPSA) is 72.4 Å². The highest BCUT2D eigenvalue weighted by atomic mass is 16.5. The molecule has 1 aliphatic rings. The quantitative estimate of drug-likeness (QED) is 0.690. The molecule has 0 spiro atoms. The number of nitrogens with zero attached hydrogens (tertiary/aromatic N) is 3. The number of likely N-dealkylation sites (tertiary alicyclic amines) is 1. The lowest BCUT2D eigenvalue weighted by Gasteiger charge is -2.37. The van der Waals surface area contributed by atoms with E-state index in [2.05, 4.69) is 22.3 Å². The van der Waals surface area contributed by atoms with Crippen LogP contribution in [0, 0.1) is 0 Å². The van der Waals surface area contributed by atoms with Crippen LogP contribution in [-0.4, -0.2) is 34.0 Å². The van der Waals surface area contributed by atoms with Gasteiger partial charge >= 0.3 is 0 Å². The van der Waals surface area contributed by atoms with Gasteiger partial charge in [0.2, 0.25) is 17.6 Å². The van der Waals surface area contributed by atoms with E-state index in [1.807, 2.05) is 23.1 Å². The fourth-order valence-electron chi connectivity index (χ4n) is 2.99. The van der Waals surface area contributed by atoms with Gasteiger partial charge in [0.05, 0.1) is 12.2 Å². The molecule has 1 amide bonds. The fraction of sp³-hybridized carbons (Fsp3) is 0.316. The molecule has 6 heteroatoms. The second-order valence-electron chi connectivity index (χ2n) is 6.27. The van der Waals surface area contributed by atoms with Crippen molar-refractivity contribution in [2.24, 2.45) is 0 Å². The van der Waals surface area contributed by atoms with E-state index in [-0.39, 0.29) is 11.8 Å². The van der Waals surface area contributed by atoms with Crippen LogP contribution in [0.1, 0.15) is 30.2 Å². The molecule has 2 aromatic heterocycles. The van der Waals surface area contributed by atoms with Crippen molar-refractivity contribution in [3.63, 3.8) is 0 Å². The van der Waals surface area contributed by atoms with Gasteiger partial charge < -0.3 is 13.8 Å². The molecule has 25 heavy (non-hydrogen) atoms. The zero-order chi connectivity index (χ0) is 17.1. The Morgan fingerprint density at radius 2 is 2.00 bits per heavy atom. The van der Waals surface area contributed by atoms with Crippen molar-refractivity contribution in [3.8, 4) is 11.6 Å². The molecule has 1 aliphatic heterocycles. The molecule has 1 aromatic carbocycles. The van der Waals surface area contributed by atoms with Crippen LogP contribution >= 0.6 is 0 Å². The number of benzene rings is 1. The summed E-state index contributed by atoms with van der Waals surface area (Å²) in [6, 6.07) is 13.8. The molecule has 1 fully saturated rings. The van der Waals surface area contributed by atoms with Crippen LogP contribution < -0.4 is 0 Å². The molecule has 0 saturated carbocycles. The molecule has 4 rings (SSSR count). The Hall–Kier alpha value is -2.89. The summed E-state index contributed by atoms with van der Waals surface area (Å²) in [7, 11) is 0. The van der Waals surface area contributed by atoms with Gasteiger partial charge in [-0.2, -0.15) is 4.98 Å². The van der Waals surface area contributed by atoms with E-state index in [1.165, 1.54) is 5.56 Å². The molecular formula is C19H19N3O3. The normalized spacial score (nSPS) is 14.5. The summed E-state index contributed by atoms with van der Waals surface area (Å²) < 4.78 is 10.6. The highest BCUT2D eigenvalue weighted by Crippen LogP contribution is 2.28. The number of carbonyl (C=O) groups is 1. The van der Waals surface area contributed by atoms with Crippen molar-refractivity contribution in [3.05, 3.63) is 60.2 Å². The van der Waals surface area contributed by atoms with E-state index < -0.39 is 0 Å². The Morgan fingerprint density at radius 3 is 2.76 bits per heavy atom. The average Bonchev–Trinajstić information content (AvgIpc) is 3.26. The van der Waals surface area contributed by atoms with Gasteiger partial charge in [0.15, 0.2) is 5.76 Å². The molecule has 0 N–H and O–H groups in total. The SMILES string of the molecule is O=C(CCCc1ccccc1)N1CC(c2nc(-c3ccco3)no2)C1. The van der Waals surface area contributed by atoms with Crippen molar-refractivity contribution in [1.29, 1.82) is 0 Å². The van der Waals surface area contributed by atoms with E-state index in [0.717, 1.165) is 12.8 Å². The number of hydrogen-bond acceptors (Lipinski definition) is 5. The van der Waals surface area contributed by atoms with Crippen LogP contribution in [0.25, 0.3) is 11.6 Å². The Bertz CT molecular complexity index is 821. The molecule has 0 bridgehead atoms. The minimum Gasteiger partial charge on any atom is -0.461 e. The average molecular weight is 337 g/mol. The molecule has 3 aromatic rings. The molecule has 3 heterocycles. The number of aromatic nitrogens is 2. The molecule has 0 radical (unpaired) electrons. The highest BCUT2D eigenvalue weighted by Gasteiger charge is 2.35. The maximum Gasteiger partial charge on any atom is 0.238 e. The molecule has 0 aliphatic carbocycles. The third kappa shape index (κ3) is 3.47. The van der Waals surface area contributed by atoms with Crippen LogP contribution in [0.4, 0.5) is 0 Å². The first kappa shape index (κ1) is 15.6. The van der Waals surface area contributed by atoms with Gasteiger partial charge in [-0.25, -0.2) is 0 Å². The molecule has 6 nitrogen and oxygen atoms in total. The first-order valence-electron chi connectivity index (χ1n) is 8.49.